The lowest BCUT2D eigenvalue weighted by Crippen LogP contribution is -1.94. The highest BCUT2D eigenvalue weighted by Crippen LogP contribution is 2.35. The first-order valence-electron chi connectivity index (χ1n) is 10.9. The van der Waals surface area contributed by atoms with Crippen molar-refractivity contribution < 1.29 is 8.78 Å². The van der Waals surface area contributed by atoms with E-state index in [1.165, 1.54) is 12.1 Å². The zero-order valence-electron chi connectivity index (χ0n) is 17.8. The highest BCUT2D eigenvalue weighted by Gasteiger charge is 2.20. The van der Waals surface area contributed by atoms with Gasteiger partial charge in [-0.2, -0.15) is 13.8 Å². The zero-order chi connectivity index (χ0) is 22.8. The fourth-order valence-electron chi connectivity index (χ4n) is 4.83. The van der Waals surface area contributed by atoms with Crippen molar-refractivity contribution in [2.24, 2.45) is 0 Å². The van der Waals surface area contributed by atoms with Crippen molar-refractivity contribution in [3.8, 4) is 16.8 Å². The van der Waals surface area contributed by atoms with Crippen molar-refractivity contribution in [1.29, 1.82) is 0 Å². The topological polar surface area (TPSA) is 35.1 Å². The van der Waals surface area contributed by atoms with Crippen LogP contribution in [0.25, 0.3) is 55.4 Å². The van der Waals surface area contributed by atoms with Crippen LogP contribution in [0.5, 0.6) is 0 Å². The molecule has 0 bridgehead atoms. The van der Waals surface area contributed by atoms with Gasteiger partial charge in [-0.05, 0) is 53.4 Å². The maximum absolute atomic E-state index is 14.5. The maximum Gasteiger partial charge on any atom is 0.223 e. The summed E-state index contributed by atoms with van der Waals surface area (Å²) < 4.78 is 32.1. The van der Waals surface area contributed by atoms with Crippen LogP contribution in [0.3, 0.4) is 0 Å². The van der Waals surface area contributed by atoms with E-state index in [0.29, 0.717) is 5.56 Å². The third-order valence-corrected chi connectivity index (χ3v) is 6.32. The molecule has 0 spiro atoms. The number of hydrogen-bond donors (Lipinski definition) is 0. The number of hydrogen-bond acceptors (Lipinski definition) is 2. The fraction of sp³-hybridized carbons (Fsp3) is 0. The van der Waals surface area contributed by atoms with Gasteiger partial charge in [-0.25, -0.2) is 4.98 Å². The Morgan fingerprint density at radius 2 is 1.50 bits per heavy atom. The first kappa shape index (κ1) is 18.9. The van der Waals surface area contributed by atoms with Crippen LogP contribution < -0.4 is 0 Å². The SMILES string of the molecule is Fc1ccc(-c2ccc3nc4n(-c5ccccc5)c5ccc6ccccc6c5n4c3c2)c(F)n1. The van der Waals surface area contributed by atoms with E-state index in [1.807, 2.05) is 42.5 Å². The molecule has 4 aromatic carbocycles. The van der Waals surface area contributed by atoms with Crippen molar-refractivity contribution in [2.45, 2.75) is 0 Å². The van der Waals surface area contributed by atoms with E-state index in [9.17, 15) is 8.78 Å². The summed E-state index contributed by atoms with van der Waals surface area (Å²) in [5.41, 5.74) is 5.53. The Kier molecular flexibility index (Phi) is 3.88. The highest BCUT2D eigenvalue weighted by molar-refractivity contribution is 6.08. The van der Waals surface area contributed by atoms with E-state index in [0.717, 1.165) is 44.3 Å². The summed E-state index contributed by atoms with van der Waals surface area (Å²) in [5.74, 6) is -0.911. The van der Waals surface area contributed by atoms with Crippen LogP contribution in [0.1, 0.15) is 0 Å². The molecule has 0 aliphatic heterocycles. The molecule has 0 N–H and O–H groups in total. The number of rotatable bonds is 2. The van der Waals surface area contributed by atoms with Gasteiger partial charge in [0.25, 0.3) is 0 Å². The van der Waals surface area contributed by atoms with Crippen LogP contribution >= 0.6 is 0 Å². The normalized spacial score (nSPS) is 11.8. The van der Waals surface area contributed by atoms with E-state index in [2.05, 4.69) is 50.3 Å². The minimum atomic E-state index is -0.841. The predicted octanol–water partition coefficient (Wildman–Crippen LogP) is 6.92. The summed E-state index contributed by atoms with van der Waals surface area (Å²) in [6.45, 7) is 0. The molecule has 0 saturated heterocycles. The Balaban J connectivity index is 1.65. The van der Waals surface area contributed by atoms with Gasteiger partial charge in [0, 0.05) is 16.6 Å². The highest BCUT2D eigenvalue weighted by atomic mass is 19.1. The van der Waals surface area contributed by atoms with Crippen LogP contribution in [-0.4, -0.2) is 18.9 Å². The summed E-state index contributed by atoms with van der Waals surface area (Å²) in [5, 5.41) is 2.22. The van der Waals surface area contributed by atoms with E-state index < -0.39 is 11.9 Å². The summed E-state index contributed by atoms with van der Waals surface area (Å²) in [7, 11) is 0. The Labute approximate surface area is 192 Å². The summed E-state index contributed by atoms with van der Waals surface area (Å²) in [4.78, 5) is 8.32. The molecule has 3 heterocycles. The molecule has 0 aliphatic rings. The number of fused-ring (bicyclic) bond motifs is 7. The van der Waals surface area contributed by atoms with Crippen molar-refractivity contribution in [3.05, 3.63) is 109 Å². The van der Waals surface area contributed by atoms with Gasteiger partial charge in [0.2, 0.25) is 17.7 Å². The van der Waals surface area contributed by atoms with Crippen LogP contribution in [0.4, 0.5) is 8.78 Å². The van der Waals surface area contributed by atoms with Gasteiger partial charge >= 0.3 is 0 Å². The number of aromatic nitrogens is 4. The zero-order valence-corrected chi connectivity index (χ0v) is 17.8. The van der Waals surface area contributed by atoms with E-state index >= 15 is 0 Å². The molecule has 0 fully saturated rings. The quantitative estimate of drug-likeness (QED) is 0.270. The van der Waals surface area contributed by atoms with Gasteiger partial charge in [-0.3, -0.25) is 8.97 Å². The molecule has 4 nitrogen and oxygen atoms in total. The van der Waals surface area contributed by atoms with Gasteiger partial charge in [-0.1, -0.05) is 54.6 Å². The largest absolute Gasteiger partial charge is 0.278 e. The minimum absolute atomic E-state index is 0.245. The molecule has 6 heteroatoms. The smallest absolute Gasteiger partial charge is 0.223 e. The van der Waals surface area contributed by atoms with Crippen molar-refractivity contribution in [2.75, 3.05) is 0 Å². The van der Waals surface area contributed by atoms with Crippen molar-refractivity contribution >= 4 is 38.6 Å². The number of benzene rings is 4. The van der Waals surface area contributed by atoms with Crippen LogP contribution in [0, 0.1) is 11.9 Å². The molecule has 0 unspecified atom stereocenters. The second-order valence-electron chi connectivity index (χ2n) is 8.25. The average molecular weight is 446 g/mol. The number of pyridine rings is 1. The lowest BCUT2D eigenvalue weighted by atomic mass is 10.1. The Bertz CT molecular complexity index is 1880. The third kappa shape index (κ3) is 2.62. The summed E-state index contributed by atoms with van der Waals surface area (Å²) in [6.07, 6.45) is 0. The van der Waals surface area contributed by atoms with E-state index in [4.69, 9.17) is 4.98 Å². The molecule has 0 amide bonds. The van der Waals surface area contributed by atoms with Crippen molar-refractivity contribution in [1.82, 2.24) is 18.9 Å². The number of para-hydroxylation sites is 1. The molecular weight excluding hydrogens is 430 g/mol. The summed E-state index contributed by atoms with van der Waals surface area (Å²) in [6, 6.07) is 30.7. The number of halogens is 2. The maximum atomic E-state index is 14.5. The van der Waals surface area contributed by atoms with Crippen LogP contribution in [0.15, 0.2) is 97.1 Å². The number of nitrogens with zero attached hydrogens (tertiary/aromatic N) is 4. The summed E-state index contributed by atoms with van der Waals surface area (Å²) >= 11 is 0. The fourth-order valence-corrected chi connectivity index (χ4v) is 4.83. The molecular formula is C28H16F2N4. The van der Waals surface area contributed by atoms with Crippen LogP contribution in [-0.2, 0) is 0 Å². The monoisotopic (exact) mass is 446 g/mol. The van der Waals surface area contributed by atoms with Gasteiger partial charge in [0.15, 0.2) is 0 Å². The van der Waals surface area contributed by atoms with Gasteiger partial charge in [0.05, 0.1) is 22.1 Å². The van der Waals surface area contributed by atoms with Gasteiger partial charge < -0.3 is 0 Å². The molecule has 162 valence electrons. The molecule has 0 saturated carbocycles. The van der Waals surface area contributed by atoms with E-state index in [1.54, 1.807) is 6.07 Å². The number of imidazole rings is 2. The lowest BCUT2D eigenvalue weighted by molar-refractivity contribution is 0.515. The van der Waals surface area contributed by atoms with Crippen molar-refractivity contribution in [3.63, 3.8) is 0 Å². The first-order valence-corrected chi connectivity index (χ1v) is 10.9. The molecule has 7 rings (SSSR count). The standard InChI is InChI=1S/C28H16F2N4/c29-25-15-12-21(27(30)32-25)18-10-13-22-24(16-18)34-26-20-9-5-4-6-17(20)11-14-23(26)33(28(34)31-22)19-7-2-1-3-8-19/h1-16H. The Hall–Kier alpha value is -4.58. The molecule has 0 atom stereocenters. The molecule has 34 heavy (non-hydrogen) atoms. The second kappa shape index (κ2) is 6.96. The predicted molar refractivity (Wildman–Crippen MR) is 130 cm³/mol. The van der Waals surface area contributed by atoms with Gasteiger partial charge in [-0.15, -0.1) is 0 Å². The molecule has 0 aliphatic carbocycles. The first-order chi connectivity index (χ1) is 16.7. The van der Waals surface area contributed by atoms with E-state index in [-0.39, 0.29) is 5.56 Å². The Morgan fingerprint density at radius 3 is 2.35 bits per heavy atom. The third-order valence-electron chi connectivity index (χ3n) is 6.32. The molecule has 3 aromatic heterocycles. The molecule has 0 radical (unpaired) electrons. The average Bonchev–Trinajstić information content (AvgIpc) is 3.38. The lowest BCUT2D eigenvalue weighted by Gasteiger charge is -2.06. The second-order valence-corrected chi connectivity index (χ2v) is 8.25. The minimum Gasteiger partial charge on any atom is -0.278 e. The Morgan fingerprint density at radius 1 is 0.676 bits per heavy atom. The van der Waals surface area contributed by atoms with Gasteiger partial charge in [0.1, 0.15) is 0 Å². The van der Waals surface area contributed by atoms with Crippen LogP contribution in [0.2, 0.25) is 0 Å². The molecule has 7 aromatic rings.